The molecule has 0 saturated carbocycles. The molecule has 0 aromatic heterocycles. The summed E-state index contributed by atoms with van der Waals surface area (Å²) in [5, 5.41) is 14.3. The molecule has 0 amide bonds. The number of benzene rings is 3. The Morgan fingerprint density at radius 2 is 1.44 bits per heavy atom. The fourth-order valence-electron chi connectivity index (χ4n) is 2.61. The summed E-state index contributed by atoms with van der Waals surface area (Å²) in [6, 6.07) is 20.1. The molecule has 0 bridgehead atoms. The highest BCUT2D eigenvalue weighted by atomic mass is 19.1. The summed E-state index contributed by atoms with van der Waals surface area (Å²) in [5.41, 5.74) is 2.11. The minimum atomic E-state index is -0.439. The van der Waals surface area contributed by atoms with E-state index >= 15 is 0 Å². The van der Waals surface area contributed by atoms with Crippen LogP contribution in [0.5, 0.6) is 0 Å². The number of nitrogens with one attached hydrogen (secondary N) is 1. The molecule has 5 nitrogen and oxygen atoms in total. The molecule has 0 aliphatic heterocycles. The second kappa shape index (κ2) is 7.00. The van der Waals surface area contributed by atoms with Gasteiger partial charge in [0.05, 0.1) is 22.0 Å². The van der Waals surface area contributed by atoms with Crippen LogP contribution in [0.2, 0.25) is 0 Å². The van der Waals surface area contributed by atoms with Gasteiger partial charge in [-0.15, -0.1) is 0 Å². The standard InChI is InChI=1S/C19H16FN3O2/c1-22(17-11-5-2-8-14(17)20)18-12-6-3-9-15(18)21-16-10-4-7-13-19(16)23(24)25/h2-13,21H,1H3. The van der Waals surface area contributed by atoms with Gasteiger partial charge >= 0.3 is 0 Å². The minimum Gasteiger partial charge on any atom is -0.348 e. The Hall–Kier alpha value is -3.41. The first-order valence-corrected chi connectivity index (χ1v) is 7.65. The molecule has 3 aromatic carbocycles. The third kappa shape index (κ3) is 3.42. The Balaban J connectivity index is 2.00. The van der Waals surface area contributed by atoms with E-state index in [1.165, 1.54) is 12.1 Å². The van der Waals surface area contributed by atoms with Gasteiger partial charge in [0.2, 0.25) is 0 Å². The van der Waals surface area contributed by atoms with Crippen molar-refractivity contribution in [3.63, 3.8) is 0 Å². The second-order valence-corrected chi connectivity index (χ2v) is 5.43. The van der Waals surface area contributed by atoms with Gasteiger partial charge in [0.1, 0.15) is 11.5 Å². The average molecular weight is 337 g/mol. The Bertz CT molecular complexity index is 914. The molecule has 0 spiro atoms. The predicted molar refractivity (Wildman–Crippen MR) is 97.3 cm³/mol. The molecule has 126 valence electrons. The Morgan fingerprint density at radius 3 is 2.12 bits per heavy atom. The average Bonchev–Trinajstić information content (AvgIpc) is 2.62. The first-order valence-electron chi connectivity index (χ1n) is 7.65. The zero-order valence-electron chi connectivity index (χ0n) is 13.5. The summed E-state index contributed by atoms with van der Waals surface area (Å²) < 4.78 is 14.1. The number of nitro groups is 1. The molecule has 0 aliphatic rings. The number of nitrogens with zero attached hydrogens (tertiary/aromatic N) is 2. The largest absolute Gasteiger partial charge is 0.348 e. The number of para-hydroxylation sites is 5. The second-order valence-electron chi connectivity index (χ2n) is 5.43. The van der Waals surface area contributed by atoms with Gasteiger partial charge in [-0.2, -0.15) is 0 Å². The third-order valence-corrected chi connectivity index (χ3v) is 3.85. The highest BCUT2D eigenvalue weighted by Crippen LogP contribution is 2.35. The van der Waals surface area contributed by atoms with Crippen LogP contribution in [-0.2, 0) is 0 Å². The van der Waals surface area contributed by atoms with E-state index in [2.05, 4.69) is 5.32 Å². The summed E-state index contributed by atoms with van der Waals surface area (Å²) in [7, 11) is 1.75. The number of rotatable bonds is 5. The molecule has 0 fully saturated rings. The SMILES string of the molecule is CN(c1ccccc1F)c1ccccc1Nc1ccccc1[N+](=O)[O-]. The van der Waals surface area contributed by atoms with Gasteiger partial charge in [0, 0.05) is 13.1 Å². The molecule has 0 atom stereocenters. The van der Waals surface area contributed by atoms with Gasteiger partial charge < -0.3 is 10.2 Å². The number of halogens is 1. The molecule has 25 heavy (non-hydrogen) atoms. The smallest absolute Gasteiger partial charge is 0.292 e. The van der Waals surface area contributed by atoms with Crippen LogP contribution in [0.1, 0.15) is 0 Å². The van der Waals surface area contributed by atoms with Gasteiger partial charge in [0.15, 0.2) is 0 Å². The van der Waals surface area contributed by atoms with Crippen molar-refractivity contribution in [3.8, 4) is 0 Å². The quantitative estimate of drug-likeness (QED) is 0.510. The number of hydrogen-bond acceptors (Lipinski definition) is 4. The van der Waals surface area contributed by atoms with Crippen molar-refractivity contribution in [3.05, 3.63) is 88.7 Å². The van der Waals surface area contributed by atoms with Crippen LogP contribution < -0.4 is 10.2 Å². The number of anilines is 4. The van der Waals surface area contributed by atoms with Crippen LogP contribution in [0.25, 0.3) is 0 Å². The maximum Gasteiger partial charge on any atom is 0.292 e. The van der Waals surface area contributed by atoms with E-state index in [-0.39, 0.29) is 11.5 Å². The van der Waals surface area contributed by atoms with Gasteiger partial charge in [-0.1, -0.05) is 36.4 Å². The van der Waals surface area contributed by atoms with E-state index in [4.69, 9.17) is 0 Å². The summed E-state index contributed by atoms with van der Waals surface area (Å²) in [5.74, 6) is -0.342. The van der Waals surface area contributed by atoms with Crippen molar-refractivity contribution in [2.45, 2.75) is 0 Å². The predicted octanol–water partition coefficient (Wildman–Crippen LogP) is 5.25. The zero-order valence-corrected chi connectivity index (χ0v) is 13.5. The van der Waals surface area contributed by atoms with Crippen LogP contribution >= 0.6 is 0 Å². The maximum atomic E-state index is 14.1. The fourth-order valence-corrected chi connectivity index (χ4v) is 2.61. The summed E-state index contributed by atoms with van der Waals surface area (Å²) in [6.07, 6.45) is 0. The monoisotopic (exact) mass is 337 g/mol. The van der Waals surface area contributed by atoms with E-state index in [9.17, 15) is 14.5 Å². The molecule has 0 heterocycles. The lowest BCUT2D eigenvalue weighted by molar-refractivity contribution is -0.383. The normalized spacial score (nSPS) is 10.3. The van der Waals surface area contributed by atoms with Crippen LogP contribution in [0.4, 0.5) is 32.8 Å². The lowest BCUT2D eigenvalue weighted by Gasteiger charge is -2.23. The van der Waals surface area contributed by atoms with Crippen LogP contribution in [0.3, 0.4) is 0 Å². The first kappa shape index (κ1) is 16.4. The molecular weight excluding hydrogens is 321 g/mol. The molecule has 0 radical (unpaired) electrons. The highest BCUT2D eigenvalue weighted by molar-refractivity contribution is 5.81. The summed E-state index contributed by atoms with van der Waals surface area (Å²) in [4.78, 5) is 12.5. The van der Waals surface area contributed by atoms with E-state index in [1.54, 1.807) is 54.4 Å². The maximum absolute atomic E-state index is 14.1. The van der Waals surface area contributed by atoms with Gasteiger partial charge in [-0.3, -0.25) is 10.1 Å². The molecule has 0 saturated heterocycles. The Morgan fingerprint density at radius 1 is 0.880 bits per heavy atom. The van der Waals surface area contributed by atoms with Crippen molar-refractivity contribution in [2.24, 2.45) is 0 Å². The van der Waals surface area contributed by atoms with Crippen molar-refractivity contribution in [2.75, 3.05) is 17.3 Å². The van der Waals surface area contributed by atoms with Crippen molar-refractivity contribution in [1.29, 1.82) is 0 Å². The molecule has 6 heteroatoms. The van der Waals surface area contributed by atoms with Gasteiger partial charge in [0.25, 0.3) is 5.69 Å². The van der Waals surface area contributed by atoms with Gasteiger partial charge in [-0.05, 0) is 30.3 Å². The molecule has 1 N–H and O–H groups in total. The van der Waals surface area contributed by atoms with E-state index in [1.807, 2.05) is 18.2 Å². The fraction of sp³-hybridized carbons (Fsp3) is 0.0526. The van der Waals surface area contributed by atoms with E-state index < -0.39 is 4.92 Å². The van der Waals surface area contributed by atoms with Crippen molar-refractivity contribution >= 4 is 28.4 Å². The molecule has 3 rings (SSSR count). The summed E-state index contributed by atoms with van der Waals surface area (Å²) >= 11 is 0. The lowest BCUT2D eigenvalue weighted by Crippen LogP contribution is -2.13. The zero-order chi connectivity index (χ0) is 17.8. The highest BCUT2D eigenvalue weighted by Gasteiger charge is 2.16. The van der Waals surface area contributed by atoms with Crippen molar-refractivity contribution < 1.29 is 9.31 Å². The topological polar surface area (TPSA) is 58.4 Å². The van der Waals surface area contributed by atoms with E-state index in [0.29, 0.717) is 22.7 Å². The first-order chi connectivity index (χ1) is 12.1. The van der Waals surface area contributed by atoms with Gasteiger partial charge in [-0.25, -0.2) is 4.39 Å². The minimum absolute atomic E-state index is 0.0224. The molecular formula is C19H16FN3O2. The van der Waals surface area contributed by atoms with Crippen LogP contribution in [0, 0.1) is 15.9 Å². The molecule has 3 aromatic rings. The van der Waals surface area contributed by atoms with Crippen molar-refractivity contribution in [1.82, 2.24) is 0 Å². The van der Waals surface area contributed by atoms with E-state index in [0.717, 1.165) is 0 Å². The number of hydrogen-bond donors (Lipinski definition) is 1. The Kier molecular flexibility index (Phi) is 4.61. The Labute approximate surface area is 144 Å². The van der Waals surface area contributed by atoms with Crippen LogP contribution in [0.15, 0.2) is 72.8 Å². The number of nitro benzene ring substituents is 1. The lowest BCUT2D eigenvalue weighted by atomic mass is 10.2. The molecule has 0 unspecified atom stereocenters. The molecule has 0 aliphatic carbocycles. The van der Waals surface area contributed by atoms with Crippen LogP contribution in [-0.4, -0.2) is 12.0 Å². The third-order valence-electron chi connectivity index (χ3n) is 3.85. The summed E-state index contributed by atoms with van der Waals surface area (Å²) in [6.45, 7) is 0.